The summed E-state index contributed by atoms with van der Waals surface area (Å²) in [5, 5.41) is 20.5. The maximum atomic E-state index is 14.1. The SMILES string of the molecule is CN[C@@H](C)C(=O)N[C@H](C(=O)N1CCCC1c1nc(-c2c(OCCO)ccc3ccccc23)cs1)C1CCCCC1. The van der Waals surface area contributed by atoms with Crippen molar-refractivity contribution in [3.63, 3.8) is 0 Å². The van der Waals surface area contributed by atoms with Crippen LogP contribution in [0.4, 0.5) is 0 Å². The van der Waals surface area contributed by atoms with E-state index in [1.165, 1.54) is 6.42 Å². The molecular weight excluding hydrogens is 524 g/mol. The van der Waals surface area contributed by atoms with Crippen LogP contribution in [0.5, 0.6) is 5.75 Å². The highest BCUT2D eigenvalue weighted by atomic mass is 32.1. The standard InChI is InChI=1S/C31H40N4O4S/c1-20(32-2)29(37)34-28(22-10-4-3-5-11-22)31(38)35-16-8-13-25(35)30-33-24(19-40-30)27-23-12-7-6-9-21(23)14-15-26(27)39-18-17-36/h6-7,9,12,14-15,19-20,22,25,28,32,36H,3-5,8,10-11,13,16-18H2,1-2H3,(H,34,37)/t20-,25?,28-/m0/s1. The van der Waals surface area contributed by atoms with Crippen LogP contribution in [-0.2, 0) is 9.59 Å². The number of hydrogen-bond donors (Lipinski definition) is 3. The molecule has 0 radical (unpaired) electrons. The maximum Gasteiger partial charge on any atom is 0.246 e. The Kier molecular flexibility index (Phi) is 9.34. The van der Waals surface area contributed by atoms with E-state index in [0.29, 0.717) is 12.3 Å². The van der Waals surface area contributed by atoms with E-state index in [4.69, 9.17) is 9.72 Å². The fourth-order valence-corrected chi connectivity index (χ4v) is 7.03. The second-order valence-corrected chi connectivity index (χ2v) is 11.8. The third kappa shape index (κ3) is 6.01. The molecule has 2 heterocycles. The number of hydrogen-bond acceptors (Lipinski definition) is 7. The number of likely N-dealkylation sites (N-methyl/N-ethyl adjacent to an activating group) is 1. The largest absolute Gasteiger partial charge is 0.490 e. The van der Waals surface area contributed by atoms with Crippen molar-refractivity contribution in [1.29, 1.82) is 0 Å². The molecule has 2 aliphatic rings. The Hall–Kier alpha value is -3.01. The summed E-state index contributed by atoms with van der Waals surface area (Å²) in [6.45, 7) is 2.62. The van der Waals surface area contributed by atoms with Crippen molar-refractivity contribution in [1.82, 2.24) is 20.5 Å². The number of amides is 2. The molecule has 3 N–H and O–H groups in total. The lowest BCUT2D eigenvalue weighted by molar-refractivity contribution is -0.139. The Morgan fingerprint density at radius 3 is 2.70 bits per heavy atom. The number of carbonyl (C=O) groups excluding carboxylic acids is 2. The molecule has 1 aromatic heterocycles. The van der Waals surface area contributed by atoms with Gasteiger partial charge in [0, 0.05) is 11.9 Å². The van der Waals surface area contributed by atoms with Gasteiger partial charge in [0.15, 0.2) is 0 Å². The number of fused-ring (bicyclic) bond motifs is 1. The van der Waals surface area contributed by atoms with E-state index in [2.05, 4.69) is 22.8 Å². The molecule has 3 atom stereocenters. The number of aromatic nitrogens is 1. The molecule has 5 rings (SSSR count). The van der Waals surface area contributed by atoms with Gasteiger partial charge in [0.1, 0.15) is 23.4 Å². The van der Waals surface area contributed by atoms with E-state index in [0.717, 1.165) is 65.6 Å². The molecule has 2 fully saturated rings. The van der Waals surface area contributed by atoms with Crippen LogP contribution in [0, 0.1) is 5.92 Å². The highest BCUT2D eigenvalue weighted by molar-refractivity contribution is 7.10. The van der Waals surface area contributed by atoms with Crippen LogP contribution in [0.15, 0.2) is 41.8 Å². The zero-order valence-electron chi connectivity index (χ0n) is 23.4. The van der Waals surface area contributed by atoms with Crippen LogP contribution in [0.2, 0.25) is 0 Å². The number of nitrogens with one attached hydrogen (secondary N) is 2. The van der Waals surface area contributed by atoms with Gasteiger partial charge >= 0.3 is 0 Å². The number of aliphatic hydroxyl groups is 1. The van der Waals surface area contributed by atoms with Crippen LogP contribution >= 0.6 is 11.3 Å². The van der Waals surface area contributed by atoms with Crippen molar-refractivity contribution in [2.24, 2.45) is 5.92 Å². The van der Waals surface area contributed by atoms with Crippen LogP contribution < -0.4 is 15.4 Å². The average Bonchev–Trinajstić information content (AvgIpc) is 3.68. The quantitative estimate of drug-likeness (QED) is 0.331. The first-order chi connectivity index (χ1) is 19.5. The second kappa shape index (κ2) is 13.1. The fourth-order valence-electron chi connectivity index (χ4n) is 6.07. The normalized spacial score (nSPS) is 19.5. The first-order valence-corrected chi connectivity index (χ1v) is 15.4. The van der Waals surface area contributed by atoms with Crippen LogP contribution in [0.25, 0.3) is 22.0 Å². The summed E-state index contributed by atoms with van der Waals surface area (Å²) in [5.74, 6) is 0.719. The van der Waals surface area contributed by atoms with Crippen molar-refractivity contribution >= 4 is 33.9 Å². The number of ether oxygens (including phenoxy) is 1. The summed E-state index contributed by atoms with van der Waals surface area (Å²) in [5.41, 5.74) is 1.71. The van der Waals surface area contributed by atoms with Gasteiger partial charge in [-0.1, -0.05) is 49.6 Å². The van der Waals surface area contributed by atoms with Crippen molar-refractivity contribution in [2.45, 2.75) is 70.0 Å². The van der Waals surface area contributed by atoms with E-state index >= 15 is 0 Å². The Balaban J connectivity index is 1.44. The minimum atomic E-state index is -0.514. The Labute approximate surface area is 240 Å². The molecule has 214 valence electrons. The minimum absolute atomic E-state index is 0.0138. The Bertz CT molecular complexity index is 1320. The number of aliphatic hydroxyl groups excluding tert-OH is 1. The molecule has 8 nitrogen and oxygen atoms in total. The molecule has 1 saturated heterocycles. The summed E-state index contributed by atoms with van der Waals surface area (Å²) in [4.78, 5) is 34.0. The second-order valence-electron chi connectivity index (χ2n) is 10.9. The molecule has 40 heavy (non-hydrogen) atoms. The first-order valence-electron chi connectivity index (χ1n) is 14.5. The lowest BCUT2D eigenvalue weighted by Crippen LogP contribution is -2.55. The molecule has 1 aliphatic carbocycles. The van der Waals surface area contributed by atoms with E-state index in [1.807, 2.05) is 41.5 Å². The maximum absolute atomic E-state index is 14.1. The van der Waals surface area contributed by atoms with Gasteiger partial charge in [-0.15, -0.1) is 11.3 Å². The number of likely N-dealkylation sites (tertiary alicyclic amines) is 1. The number of rotatable bonds is 10. The van der Waals surface area contributed by atoms with Gasteiger partial charge in [-0.3, -0.25) is 9.59 Å². The van der Waals surface area contributed by atoms with E-state index in [-0.39, 0.29) is 43.0 Å². The number of benzene rings is 2. The third-order valence-corrected chi connectivity index (χ3v) is 9.30. The zero-order chi connectivity index (χ0) is 28.1. The lowest BCUT2D eigenvalue weighted by Gasteiger charge is -2.35. The number of thiazole rings is 1. The van der Waals surface area contributed by atoms with Crippen LogP contribution in [0.3, 0.4) is 0 Å². The molecule has 1 saturated carbocycles. The first kappa shape index (κ1) is 28.5. The van der Waals surface area contributed by atoms with Crippen LogP contribution in [0.1, 0.15) is 62.9 Å². The van der Waals surface area contributed by atoms with Gasteiger partial charge in [-0.25, -0.2) is 4.98 Å². The molecule has 1 aliphatic heterocycles. The smallest absolute Gasteiger partial charge is 0.246 e. The minimum Gasteiger partial charge on any atom is -0.490 e. The number of carbonyl (C=O) groups is 2. The van der Waals surface area contributed by atoms with Crippen molar-refractivity contribution in [3.8, 4) is 17.0 Å². The predicted molar refractivity (Wildman–Crippen MR) is 158 cm³/mol. The predicted octanol–water partition coefficient (Wildman–Crippen LogP) is 4.67. The van der Waals surface area contributed by atoms with E-state index in [9.17, 15) is 14.7 Å². The Morgan fingerprint density at radius 2 is 1.93 bits per heavy atom. The third-order valence-electron chi connectivity index (χ3n) is 8.35. The highest BCUT2D eigenvalue weighted by Gasteiger charge is 2.40. The van der Waals surface area contributed by atoms with Gasteiger partial charge in [0.2, 0.25) is 11.8 Å². The molecule has 9 heteroatoms. The number of nitrogens with zero attached hydrogens (tertiary/aromatic N) is 2. The van der Waals surface area contributed by atoms with Crippen molar-refractivity contribution < 1.29 is 19.4 Å². The van der Waals surface area contributed by atoms with Crippen molar-refractivity contribution in [3.05, 3.63) is 46.8 Å². The average molecular weight is 565 g/mol. The van der Waals surface area contributed by atoms with E-state index < -0.39 is 6.04 Å². The van der Waals surface area contributed by atoms with Gasteiger partial charge in [-0.05, 0) is 62.4 Å². The monoisotopic (exact) mass is 564 g/mol. The van der Waals surface area contributed by atoms with Gasteiger partial charge < -0.3 is 25.4 Å². The molecular formula is C31H40N4O4S. The van der Waals surface area contributed by atoms with E-state index in [1.54, 1.807) is 18.4 Å². The lowest BCUT2D eigenvalue weighted by atomic mass is 9.83. The van der Waals surface area contributed by atoms with Crippen molar-refractivity contribution in [2.75, 3.05) is 26.8 Å². The topological polar surface area (TPSA) is 104 Å². The van der Waals surface area contributed by atoms with Gasteiger partial charge in [0.25, 0.3) is 0 Å². The molecule has 0 bridgehead atoms. The summed E-state index contributed by atoms with van der Waals surface area (Å²) in [7, 11) is 1.76. The Morgan fingerprint density at radius 1 is 1.12 bits per heavy atom. The summed E-state index contributed by atoms with van der Waals surface area (Å²) >= 11 is 1.57. The fraction of sp³-hybridized carbons (Fsp3) is 0.516. The van der Waals surface area contributed by atoms with Gasteiger partial charge in [-0.2, -0.15) is 0 Å². The summed E-state index contributed by atoms with van der Waals surface area (Å²) in [6.07, 6.45) is 7.05. The van der Waals surface area contributed by atoms with Crippen LogP contribution in [-0.4, -0.2) is 65.7 Å². The zero-order valence-corrected chi connectivity index (χ0v) is 24.2. The molecule has 2 aromatic carbocycles. The van der Waals surface area contributed by atoms with Gasteiger partial charge in [0.05, 0.1) is 29.9 Å². The molecule has 0 spiro atoms. The summed E-state index contributed by atoms with van der Waals surface area (Å²) < 4.78 is 5.91. The highest BCUT2D eigenvalue weighted by Crippen LogP contribution is 2.41. The summed E-state index contributed by atoms with van der Waals surface area (Å²) in [6, 6.07) is 11.1. The molecule has 2 amide bonds. The molecule has 3 aromatic rings. The molecule has 1 unspecified atom stereocenters.